The summed E-state index contributed by atoms with van der Waals surface area (Å²) in [5.74, 6) is 0.617. The van der Waals surface area contributed by atoms with E-state index in [-0.39, 0.29) is 4.90 Å². The first kappa shape index (κ1) is 16.3. The first-order chi connectivity index (χ1) is 12.5. The summed E-state index contributed by atoms with van der Waals surface area (Å²) in [6.07, 6.45) is 5.45. The minimum absolute atomic E-state index is 0.235. The second kappa shape index (κ2) is 6.27. The third-order valence-corrected chi connectivity index (χ3v) is 5.40. The number of benzene rings is 2. The standard InChI is InChI=1S/C19H16N4O2S/c1-14-3-9-17(10-4-14)26(24,25)22-16-7-5-15(6-8-16)18-13-23-12-2-11-20-19(23)21-18/h2-13,22H,1H3. The average molecular weight is 364 g/mol. The maximum absolute atomic E-state index is 12.5. The van der Waals surface area contributed by atoms with Crippen LogP contribution in [0.15, 0.2) is 78.1 Å². The van der Waals surface area contributed by atoms with Crippen molar-refractivity contribution in [3.8, 4) is 11.3 Å². The maximum atomic E-state index is 12.5. The predicted molar refractivity (Wildman–Crippen MR) is 100 cm³/mol. The Balaban J connectivity index is 1.58. The van der Waals surface area contributed by atoms with Crippen molar-refractivity contribution in [3.63, 3.8) is 0 Å². The Labute approximate surface area is 151 Å². The molecule has 0 bridgehead atoms. The van der Waals surface area contributed by atoms with E-state index in [9.17, 15) is 8.42 Å². The number of anilines is 1. The topological polar surface area (TPSA) is 76.4 Å². The number of imidazole rings is 1. The fourth-order valence-electron chi connectivity index (χ4n) is 2.61. The van der Waals surface area contributed by atoms with Gasteiger partial charge in [0.25, 0.3) is 10.0 Å². The third kappa shape index (κ3) is 3.16. The van der Waals surface area contributed by atoms with Gasteiger partial charge in [0.1, 0.15) is 0 Å². The SMILES string of the molecule is Cc1ccc(S(=O)(=O)Nc2ccc(-c3cn4cccnc4n3)cc2)cc1. The zero-order chi connectivity index (χ0) is 18.1. The number of aryl methyl sites for hydroxylation is 1. The van der Waals surface area contributed by atoms with E-state index in [1.165, 1.54) is 0 Å². The zero-order valence-corrected chi connectivity index (χ0v) is 14.8. The van der Waals surface area contributed by atoms with Gasteiger partial charge in [-0.3, -0.25) is 9.12 Å². The fourth-order valence-corrected chi connectivity index (χ4v) is 3.67. The molecule has 4 rings (SSSR count). The molecule has 6 nitrogen and oxygen atoms in total. The third-order valence-electron chi connectivity index (χ3n) is 4.00. The molecule has 26 heavy (non-hydrogen) atoms. The molecule has 130 valence electrons. The lowest BCUT2D eigenvalue weighted by Gasteiger charge is -2.08. The Bertz CT molecular complexity index is 1130. The Morgan fingerprint density at radius 1 is 1.00 bits per heavy atom. The molecule has 2 heterocycles. The highest BCUT2D eigenvalue weighted by Gasteiger charge is 2.14. The molecule has 0 radical (unpaired) electrons. The number of nitrogens with zero attached hydrogens (tertiary/aromatic N) is 3. The van der Waals surface area contributed by atoms with Crippen LogP contribution in [0.4, 0.5) is 5.69 Å². The number of fused-ring (bicyclic) bond motifs is 1. The zero-order valence-electron chi connectivity index (χ0n) is 14.0. The van der Waals surface area contributed by atoms with Crippen LogP contribution in [-0.4, -0.2) is 22.8 Å². The summed E-state index contributed by atoms with van der Waals surface area (Å²) in [6, 6.07) is 15.7. The van der Waals surface area contributed by atoms with Crippen molar-refractivity contribution in [2.24, 2.45) is 0 Å². The Morgan fingerprint density at radius 2 is 1.73 bits per heavy atom. The summed E-state index contributed by atoms with van der Waals surface area (Å²) < 4.78 is 29.3. The smallest absolute Gasteiger partial charge is 0.261 e. The van der Waals surface area contributed by atoms with Crippen molar-refractivity contribution in [2.75, 3.05) is 4.72 Å². The summed E-state index contributed by atoms with van der Waals surface area (Å²) in [6.45, 7) is 1.91. The maximum Gasteiger partial charge on any atom is 0.261 e. The van der Waals surface area contributed by atoms with Gasteiger partial charge >= 0.3 is 0 Å². The first-order valence-electron chi connectivity index (χ1n) is 8.01. The lowest BCUT2D eigenvalue weighted by atomic mass is 10.1. The highest BCUT2D eigenvalue weighted by atomic mass is 32.2. The second-order valence-corrected chi connectivity index (χ2v) is 7.63. The van der Waals surface area contributed by atoms with Crippen molar-refractivity contribution in [1.29, 1.82) is 0 Å². The predicted octanol–water partition coefficient (Wildman–Crippen LogP) is 3.51. The van der Waals surface area contributed by atoms with Crippen molar-refractivity contribution < 1.29 is 8.42 Å². The molecule has 0 amide bonds. The molecule has 0 aliphatic rings. The molecule has 0 atom stereocenters. The average Bonchev–Trinajstić information content (AvgIpc) is 3.06. The summed E-state index contributed by atoms with van der Waals surface area (Å²) in [4.78, 5) is 8.88. The van der Waals surface area contributed by atoms with Gasteiger partial charge in [0.05, 0.1) is 10.6 Å². The van der Waals surface area contributed by atoms with Crippen LogP contribution in [0.3, 0.4) is 0 Å². The minimum atomic E-state index is -3.61. The van der Waals surface area contributed by atoms with Crippen LogP contribution in [0.1, 0.15) is 5.56 Å². The van der Waals surface area contributed by atoms with Gasteiger partial charge in [0.2, 0.25) is 5.78 Å². The summed E-state index contributed by atoms with van der Waals surface area (Å²) in [5.41, 5.74) is 3.16. The lowest BCUT2D eigenvalue weighted by molar-refractivity contribution is 0.601. The van der Waals surface area contributed by atoms with Gasteiger partial charge in [-0.05, 0) is 37.3 Å². The lowest BCUT2D eigenvalue weighted by Crippen LogP contribution is -2.12. The van der Waals surface area contributed by atoms with Gasteiger partial charge in [-0.25, -0.2) is 18.4 Å². The quantitative estimate of drug-likeness (QED) is 0.601. The number of hydrogen-bond donors (Lipinski definition) is 1. The molecular formula is C19H16N4O2S. The molecule has 1 N–H and O–H groups in total. The van der Waals surface area contributed by atoms with Gasteiger partial charge in [0, 0.05) is 29.8 Å². The summed E-state index contributed by atoms with van der Waals surface area (Å²) in [5, 5.41) is 0. The first-order valence-corrected chi connectivity index (χ1v) is 9.49. The number of aromatic nitrogens is 3. The highest BCUT2D eigenvalue weighted by molar-refractivity contribution is 7.92. The monoisotopic (exact) mass is 364 g/mol. The van der Waals surface area contributed by atoms with Crippen LogP contribution < -0.4 is 4.72 Å². The van der Waals surface area contributed by atoms with Crippen molar-refractivity contribution in [1.82, 2.24) is 14.4 Å². The van der Waals surface area contributed by atoms with Gasteiger partial charge in [0.15, 0.2) is 0 Å². The number of nitrogens with one attached hydrogen (secondary N) is 1. The van der Waals surface area contributed by atoms with E-state index in [0.717, 1.165) is 16.8 Å². The Hall–Kier alpha value is -3.19. The highest BCUT2D eigenvalue weighted by Crippen LogP contribution is 2.22. The van der Waals surface area contributed by atoms with E-state index in [1.54, 1.807) is 42.6 Å². The normalized spacial score (nSPS) is 11.6. The molecule has 4 aromatic rings. The van der Waals surface area contributed by atoms with Crippen LogP contribution in [0, 0.1) is 6.92 Å². The molecule has 0 aliphatic heterocycles. The van der Waals surface area contributed by atoms with Crippen LogP contribution in [-0.2, 0) is 10.0 Å². The van der Waals surface area contributed by atoms with E-state index < -0.39 is 10.0 Å². The van der Waals surface area contributed by atoms with Crippen LogP contribution in [0.5, 0.6) is 0 Å². The molecule has 0 fully saturated rings. The second-order valence-electron chi connectivity index (χ2n) is 5.95. The van der Waals surface area contributed by atoms with Crippen molar-refractivity contribution in [3.05, 3.63) is 78.8 Å². The van der Waals surface area contributed by atoms with Gasteiger partial charge in [-0.1, -0.05) is 29.8 Å². The molecule has 0 saturated carbocycles. The fraction of sp³-hybridized carbons (Fsp3) is 0.0526. The van der Waals surface area contributed by atoms with E-state index in [0.29, 0.717) is 11.5 Å². The number of rotatable bonds is 4. The molecule has 7 heteroatoms. The van der Waals surface area contributed by atoms with E-state index in [4.69, 9.17) is 0 Å². The largest absolute Gasteiger partial charge is 0.291 e. The summed E-state index contributed by atoms with van der Waals surface area (Å²) in [7, 11) is -3.61. The summed E-state index contributed by atoms with van der Waals surface area (Å²) >= 11 is 0. The van der Waals surface area contributed by atoms with Crippen molar-refractivity contribution >= 4 is 21.5 Å². The van der Waals surface area contributed by atoms with Crippen LogP contribution in [0.25, 0.3) is 17.0 Å². The van der Waals surface area contributed by atoms with E-state index in [1.807, 2.05) is 41.9 Å². The number of sulfonamides is 1. The van der Waals surface area contributed by atoms with Crippen molar-refractivity contribution in [2.45, 2.75) is 11.8 Å². The van der Waals surface area contributed by atoms with Crippen LogP contribution >= 0.6 is 0 Å². The molecule has 0 spiro atoms. The molecule has 2 aromatic carbocycles. The van der Waals surface area contributed by atoms with E-state index >= 15 is 0 Å². The molecule has 2 aromatic heterocycles. The van der Waals surface area contributed by atoms with E-state index in [2.05, 4.69) is 14.7 Å². The van der Waals surface area contributed by atoms with Gasteiger partial charge < -0.3 is 0 Å². The number of hydrogen-bond acceptors (Lipinski definition) is 4. The van der Waals surface area contributed by atoms with Crippen LogP contribution in [0.2, 0.25) is 0 Å². The minimum Gasteiger partial charge on any atom is -0.291 e. The van der Waals surface area contributed by atoms with Gasteiger partial charge in [-0.2, -0.15) is 0 Å². The van der Waals surface area contributed by atoms with Gasteiger partial charge in [-0.15, -0.1) is 0 Å². The molecule has 0 saturated heterocycles. The Morgan fingerprint density at radius 3 is 2.42 bits per heavy atom. The Kier molecular flexibility index (Phi) is 3.93. The molecule has 0 aliphatic carbocycles. The molecule has 0 unspecified atom stereocenters. The molecular weight excluding hydrogens is 348 g/mol.